The number of aromatic nitrogens is 2. The van der Waals surface area contributed by atoms with Gasteiger partial charge in [0.25, 0.3) is 0 Å². The van der Waals surface area contributed by atoms with Crippen LogP contribution in [0, 0.1) is 5.82 Å². The lowest BCUT2D eigenvalue weighted by Crippen LogP contribution is -1.99. The van der Waals surface area contributed by atoms with Gasteiger partial charge in [-0.25, -0.2) is 14.2 Å². The summed E-state index contributed by atoms with van der Waals surface area (Å²) in [5.41, 5.74) is 4.22. The van der Waals surface area contributed by atoms with Gasteiger partial charge in [-0.2, -0.15) is 0 Å². The highest BCUT2D eigenvalue weighted by atomic mass is 35.5. The molecule has 0 radical (unpaired) electrons. The number of rotatable bonds is 4. The molecule has 1 aliphatic carbocycles. The van der Waals surface area contributed by atoms with Crippen LogP contribution in [0.5, 0.6) is 0 Å². The summed E-state index contributed by atoms with van der Waals surface area (Å²) in [7, 11) is 0. The first kappa shape index (κ1) is 17.9. The molecule has 1 saturated carbocycles. The Balaban J connectivity index is 1.76. The lowest BCUT2D eigenvalue weighted by molar-refractivity contribution is 0.0697. The van der Waals surface area contributed by atoms with Crippen LogP contribution in [0.25, 0.3) is 33.5 Å². The fourth-order valence-electron chi connectivity index (χ4n) is 3.75. The minimum Gasteiger partial charge on any atom is -0.478 e. The van der Waals surface area contributed by atoms with Crippen molar-refractivity contribution in [1.29, 1.82) is 0 Å². The van der Waals surface area contributed by atoms with Crippen molar-refractivity contribution in [3.05, 3.63) is 77.1 Å². The molecule has 5 rings (SSSR count). The lowest BCUT2D eigenvalue weighted by atomic mass is 9.99. The monoisotopic (exact) mass is 406 g/mol. The largest absolute Gasteiger partial charge is 0.478 e. The minimum atomic E-state index is -0.979. The molecule has 1 aromatic heterocycles. The maximum atomic E-state index is 13.6. The summed E-state index contributed by atoms with van der Waals surface area (Å²) in [6, 6.07) is 17.5. The molecule has 144 valence electrons. The first-order valence-corrected chi connectivity index (χ1v) is 9.71. The first-order valence-electron chi connectivity index (χ1n) is 9.33. The summed E-state index contributed by atoms with van der Waals surface area (Å²) in [6.45, 7) is 0. The predicted octanol–water partition coefficient (Wildman–Crippen LogP) is 6.20. The molecule has 0 aliphatic heterocycles. The third-order valence-electron chi connectivity index (χ3n) is 5.24. The summed E-state index contributed by atoms with van der Waals surface area (Å²) in [4.78, 5) is 16.2. The highest BCUT2D eigenvalue weighted by molar-refractivity contribution is 6.33. The van der Waals surface area contributed by atoms with E-state index in [2.05, 4.69) is 4.57 Å². The SMILES string of the molecule is O=C(O)c1ccc2c(c1)nc(-c1ccccc1-c1ccc(F)cc1Cl)n2C1CC1. The highest BCUT2D eigenvalue weighted by Crippen LogP contribution is 2.44. The minimum absolute atomic E-state index is 0.208. The zero-order valence-electron chi connectivity index (χ0n) is 15.3. The normalized spacial score (nSPS) is 13.7. The molecule has 1 fully saturated rings. The maximum absolute atomic E-state index is 13.6. The van der Waals surface area contributed by atoms with E-state index in [-0.39, 0.29) is 11.4 Å². The van der Waals surface area contributed by atoms with Crippen molar-refractivity contribution in [2.45, 2.75) is 18.9 Å². The van der Waals surface area contributed by atoms with Crippen LogP contribution >= 0.6 is 11.6 Å². The lowest BCUT2D eigenvalue weighted by Gasteiger charge is -2.13. The quantitative estimate of drug-likeness (QED) is 0.439. The molecule has 0 atom stereocenters. The third kappa shape index (κ3) is 3.08. The Morgan fingerprint density at radius 2 is 1.79 bits per heavy atom. The molecule has 0 saturated heterocycles. The molecule has 6 heteroatoms. The molecule has 3 aromatic carbocycles. The van der Waals surface area contributed by atoms with Gasteiger partial charge in [-0.1, -0.05) is 35.9 Å². The van der Waals surface area contributed by atoms with Gasteiger partial charge in [0, 0.05) is 17.2 Å². The number of imidazole rings is 1. The van der Waals surface area contributed by atoms with E-state index < -0.39 is 5.97 Å². The van der Waals surface area contributed by atoms with E-state index in [1.54, 1.807) is 18.2 Å². The van der Waals surface area contributed by atoms with Gasteiger partial charge in [0.2, 0.25) is 0 Å². The molecule has 1 heterocycles. The molecule has 1 N–H and O–H groups in total. The Kier molecular flexibility index (Phi) is 4.14. The van der Waals surface area contributed by atoms with E-state index in [1.165, 1.54) is 12.1 Å². The van der Waals surface area contributed by atoms with Crippen LogP contribution in [0.3, 0.4) is 0 Å². The Bertz CT molecular complexity index is 1280. The van der Waals surface area contributed by atoms with Crippen molar-refractivity contribution in [3.63, 3.8) is 0 Å². The van der Waals surface area contributed by atoms with Gasteiger partial charge in [0.15, 0.2) is 0 Å². The zero-order chi connectivity index (χ0) is 20.1. The van der Waals surface area contributed by atoms with Gasteiger partial charge in [0.1, 0.15) is 11.6 Å². The number of carboxylic acid groups (broad SMARTS) is 1. The van der Waals surface area contributed by atoms with E-state index in [0.29, 0.717) is 16.6 Å². The number of benzene rings is 3. The Morgan fingerprint density at radius 1 is 1.03 bits per heavy atom. The number of aromatic carboxylic acids is 1. The molecule has 4 aromatic rings. The van der Waals surface area contributed by atoms with E-state index in [9.17, 15) is 14.3 Å². The van der Waals surface area contributed by atoms with E-state index in [1.807, 2.05) is 30.3 Å². The van der Waals surface area contributed by atoms with Crippen LogP contribution in [0.4, 0.5) is 4.39 Å². The second kappa shape index (κ2) is 6.71. The number of fused-ring (bicyclic) bond motifs is 1. The highest BCUT2D eigenvalue weighted by Gasteiger charge is 2.30. The fraction of sp³-hybridized carbons (Fsp3) is 0.130. The Hall–Kier alpha value is -3.18. The number of carboxylic acids is 1. The maximum Gasteiger partial charge on any atom is 0.335 e. The van der Waals surface area contributed by atoms with Crippen LogP contribution < -0.4 is 0 Å². The number of hydrogen-bond donors (Lipinski definition) is 1. The van der Waals surface area contributed by atoms with Gasteiger partial charge < -0.3 is 9.67 Å². The molecule has 0 bridgehead atoms. The van der Waals surface area contributed by atoms with E-state index in [0.717, 1.165) is 40.9 Å². The summed E-state index contributed by atoms with van der Waals surface area (Å²) >= 11 is 6.34. The van der Waals surface area contributed by atoms with Crippen molar-refractivity contribution in [2.24, 2.45) is 0 Å². The van der Waals surface area contributed by atoms with Gasteiger partial charge in [-0.15, -0.1) is 0 Å². The molecule has 1 aliphatic rings. The number of carbonyl (C=O) groups is 1. The molecule has 29 heavy (non-hydrogen) atoms. The fourth-order valence-corrected chi connectivity index (χ4v) is 4.01. The molecule has 4 nitrogen and oxygen atoms in total. The van der Waals surface area contributed by atoms with Crippen molar-refractivity contribution in [2.75, 3.05) is 0 Å². The average Bonchev–Trinajstić information content (AvgIpc) is 3.47. The second-order valence-corrected chi connectivity index (χ2v) is 7.62. The predicted molar refractivity (Wildman–Crippen MR) is 111 cm³/mol. The number of halogens is 2. The summed E-state index contributed by atoms with van der Waals surface area (Å²) < 4.78 is 15.7. The summed E-state index contributed by atoms with van der Waals surface area (Å²) in [5.74, 6) is -0.600. The second-order valence-electron chi connectivity index (χ2n) is 7.21. The van der Waals surface area contributed by atoms with Gasteiger partial charge >= 0.3 is 5.97 Å². The number of nitrogens with zero attached hydrogens (tertiary/aromatic N) is 2. The molecule has 0 spiro atoms. The molecule has 0 amide bonds. The van der Waals surface area contributed by atoms with Crippen molar-refractivity contribution in [3.8, 4) is 22.5 Å². The van der Waals surface area contributed by atoms with Gasteiger partial charge in [0.05, 0.1) is 21.6 Å². The number of hydrogen-bond acceptors (Lipinski definition) is 2. The Morgan fingerprint density at radius 3 is 2.48 bits per heavy atom. The van der Waals surface area contributed by atoms with Crippen LogP contribution in [0.1, 0.15) is 29.2 Å². The first-order chi connectivity index (χ1) is 14.0. The topological polar surface area (TPSA) is 55.1 Å². The van der Waals surface area contributed by atoms with E-state index in [4.69, 9.17) is 16.6 Å². The van der Waals surface area contributed by atoms with E-state index >= 15 is 0 Å². The molecule has 0 unspecified atom stereocenters. The zero-order valence-corrected chi connectivity index (χ0v) is 16.0. The summed E-state index contributed by atoms with van der Waals surface area (Å²) in [5, 5.41) is 9.66. The van der Waals surface area contributed by atoms with Crippen molar-refractivity contribution < 1.29 is 14.3 Å². The van der Waals surface area contributed by atoms with Gasteiger partial charge in [-0.05, 0) is 54.8 Å². The van der Waals surface area contributed by atoms with Crippen LogP contribution in [0.2, 0.25) is 5.02 Å². The smallest absolute Gasteiger partial charge is 0.335 e. The van der Waals surface area contributed by atoms with Crippen LogP contribution in [-0.2, 0) is 0 Å². The standard InChI is InChI=1S/C23H16ClFN2O2/c24-19-12-14(25)6-9-17(19)16-3-1-2-4-18(16)22-26-20-11-13(23(28)29)5-10-21(20)27(22)15-7-8-15/h1-6,9-12,15H,7-8H2,(H,28,29). The van der Waals surface area contributed by atoms with Crippen molar-refractivity contribution >= 4 is 28.6 Å². The Labute approximate surface area is 171 Å². The van der Waals surface area contributed by atoms with Crippen LogP contribution in [0.15, 0.2) is 60.7 Å². The average molecular weight is 407 g/mol. The molecular weight excluding hydrogens is 391 g/mol. The van der Waals surface area contributed by atoms with Gasteiger partial charge in [-0.3, -0.25) is 0 Å². The third-order valence-corrected chi connectivity index (χ3v) is 5.55. The molecular formula is C23H16ClFN2O2. The van der Waals surface area contributed by atoms with Crippen molar-refractivity contribution in [1.82, 2.24) is 9.55 Å². The van der Waals surface area contributed by atoms with Crippen LogP contribution in [-0.4, -0.2) is 20.6 Å². The summed E-state index contributed by atoms with van der Waals surface area (Å²) in [6.07, 6.45) is 2.11.